The Morgan fingerprint density at radius 1 is 0.966 bits per heavy atom. The molecule has 0 bridgehead atoms. The first kappa shape index (κ1) is 20.0. The lowest BCUT2D eigenvalue weighted by Gasteiger charge is -2.28. The van der Waals surface area contributed by atoms with E-state index >= 15 is 0 Å². The van der Waals surface area contributed by atoms with Crippen molar-refractivity contribution < 1.29 is 9.59 Å². The average molecular weight is 411 g/mol. The first-order valence-corrected chi connectivity index (χ1v) is 10.9. The summed E-state index contributed by atoms with van der Waals surface area (Å²) in [4.78, 5) is 27.7. The zero-order valence-corrected chi connectivity index (χ0v) is 17.3. The van der Waals surface area contributed by atoms with Crippen LogP contribution in [0.4, 0.5) is 0 Å². The van der Waals surface area contributed by atoms with Crippen LogP contribution in [0.1, 0.15) is 49.1 Å². The first-order valence-electron chi connectivity index (χ1n) is 10.5. The van der Waals surface area contributed by atoms with Gasteiger partial charge in [0, 0.05) is 23.5 Å². The summed E-state index contributed by atoms with van der Waals surface area (Å²) in [7, 11) is 0. The number of benzene rings is 2. The molecule has 0 spiro atoms. The van der Waals surface area contributed by atoms with Gasteiger partial charge in [-0.1, -0.05) is 60.5 Å². The maximum Gasteiger partial charge on any atom is 0.243 e. The number of nitrogens with zero attached hydrogens (tertiary/aromatic N) is 1. The Morgan fingerprint density at radius 2 is 1.72 bits per heavy atom. The first-order chi connectivity index (χ1) is 14.1. The predicted octanol–water partition coefficient (Wildman–Crippen LogP) is 4.33. The van der Waals surface area contributed by atoms with E-state index in [0.717, 1.165) is 42.7 Å². The molecule has 1 saturated heterocycles. The standard InChI is InChI=1S/C24H27ClN2O2/c25-19-13-11-18(12-14-19)20-8-4-9-21(20)26-24(29)22-10-5-15-27(22)23(28)16-17-6-2-1-3-7-17/h1-3,6-7,11-14,20-22H,4-5,8-10,15-16H2,(H,26,29). The van der Waals surface area contributed by atoms with Gasteiger partial charge in [0.05, 0.1) is 6.42 Å². The molecule has 5 heteroatoms. The molecule has 2 aromatic rings. The van der Waals surface area contributed by atoms with Crippen molar-refractivity contribution in [2.45, 2.75) is 56.5 Å². The minimum absolute atomic E-state index is 0.00484. The van der Waals surface area contributed by atoms with Crippen LogP contribution in [0.2, 0.25) is 5.02 Å². The number of carbonyl (C=O) groups is 2. The quantitative estimate of drug-likeness (QED) is 0.797. The fourth-order valence-corrected chi connectivity index (χ4v) is 4.86. The van der Waals surface area contributed by atoms with Crippen LogP contribution in [0, 0.1) is 0 Å². The van der Waals surface area contributed by atoms with Crippen molar-refractivity contribution in [3.05, 3.63) is 70.7 Å². The molecule has 1 aliphatic carbocycles. The Bertz CT molecular complexity index is 853. The molecule has 3 atom stereocenters. The highest BCUT2D eigenvalue weighted by molar-refractivity contribution is 6.30. The number of hydrogen-bond donors (Lipinski definition) is 1. The van der Waals surface area contributed by atoms with Crippen molar-refractivity contribution in [3.8, 4) is 0 Å². The zero-order chi connectivity index (χ0) is 20.2. The number of halogens is 1. The lowest BCUT2D eigenvalue weighted by atomic mass is 9.94. The molecule has 2 amide bonds. The van der Waals surface area contributed by atoms with E-state index in [1.54, 1.807) is 4.90 Å². The minimum atomic E-state index is -0.349. The van der Waals surface area contributed by atoms with Gasteiger partial charge in [-0.3, -0.25) is 9.59 Å². The van der Waals surface area contributed by atoms with Crippen LogP contribution in [0.3, 0.4) is 0 Å². The van der Waals surface area contributed by atoms with Crippen molar-refractivity contribution in [1.82, 2.24) is 10.2 Å². The monoisotopic (exact) mass is 410 g/mol. The van der Waals surface area contributed by atoms with Crippen LogP contribution in [0.25, 0.3) is 0 Å². The molecule has 4 nitrogen and oxygen atoms in total. The molecule has 3 unspecified atom stereocenters. The summed E-state index contributed by atoms with van der Waals surface area (Å²) in [6.07, 6.45) is 5.10. The van der Waals surface area contributed by atoms with E-state index in [9.17, 15) is 9.59 Å². The van der Waals surface area contributed by atoms with Gasteiger partial charge in [-0.2, -0.15) is 0 Å². The van der Waals surface area contributed by atoms with Crippen molar-refractivity contribution in [2.24, 2.45) is 0 Å². The Hall–Kier alpha value is -2.33. The molecular weight excluding hydrogens is 384 g/mol. The molecule has 1 saturated carbocycles. The van der Waals surface area contributed by atoms with Crippen LogP contribution in [-0.2, 0) is 16.0 Å². The molecule has 2 aromatic carbocycles. The topological polar surface area (TPSA) is 49.4 Å². The fraction of sp³-hybridized carbons (Fsp3) is 0.417. The molecule has 2 fully saturated rings. The summed E-state index contributed by atoms with van der Waals surface area (Å²) in [5.74, 6) is 0.343. The van der Waals surface area contributed by atoms with Crippen LogP contribution in [-0.4, -0.2) is 35.3 Å². The number of nitrogens with one attached hydrogen (secondary N) is 1. The highest BCUT2D eigenvalue weighted by Crippen LogP contribution is 2.35. The summed E-state index contributed by atoms with van der Waals surface area (Å²) in [6.45, 7) is 0.662. The number of likely N-dealkylation sites (tertiary alicyclic amines) is 1. The Labute approximate surface area is 177 Å². The Balaban J connectivity index is 1.40. The van der Waals surface area contributed by atoms with Crippen molar-refractivity contribution in [1.29, 1.82) is 0 Å². The molecule has 2 aliphatic rings. The largest absolute Gasteiger partial charge is 0.351 e. The second kappa shape index (κ2) is 9.00. The number of amides is 2. The molecule has 0 aromatic heterocycles. The van der Waals surface area contributed by atoms with E-state index < -0.39 is 0 Å². The second-order valence-electron chi connectivity index (χ2n) is 8.11. The smallest absolute Gasteiger partial charge is 0.243 e. The maximum absolute atomic E-state index is 13.1. The number of hydrogen-bond acceptors (Lipinski definition) is 2. The number of carbonyl (C=O) groups excluding carboxylic acids is 2. The molecular formula is C24H27ClN2O2. The SMILES string of the molecule is O=C(NC1CCCC1c1ccc(Cl)cc1)C1CCCN1C(=O)Cc1ccccc1. The third-order valence-corrected chi connectivity index (χ3v) is 6.47. The van der Waals surface area contributed by atoms with Gasteiger partial charge in [0.2, 0.25) is 11.8 Å². The van der Waals surface area contributed by atoms with Gasteiger partial charge < -0.3 is 10.2 Å². The van der Waals surface area contributed by atoms with E-state index in [2.05, 4.69) is 17.4 Å². The summed E-state index contributed by atoms with van der Waals surface area (Å²) >= 11 is 6.02. The van der Waals surface area contributed by atoms with Gasteiger partial charge in [-0.15, -0.1) is 0 Å². The molecule has 0 radical (unpaired) electrons. The Kier molecular flexibility index (Phi) is 6.19. The highest BCUT2D eigenvalue weighted by atomic mass is 35.5. The summed E-state index contributed by atoms with van der Waals surface area (Å²) in [6, 6.07) is 17.4. The zero-order valence-electron chi connectivity index (χ0n) is 16.5. The van der Waals surface area contributed by atoms with E-state index in [1.165, 1.54) is 5.56 Å². The van der Waals surface area contributed by atoms with Gasteiger partial charge in [0.1, 0.15) is 6.04 Å². The third-order valence-electron chi connectivity index (χ3n) is 6.22. The van der Waals surface area contributed by atoms with E-state index in [1.807, 2.05) is 42.5 Å². The maximum atomic E-state index is 13.1. The van der Waals surface area contributed by atoms with E-state index in [0.29, 0.717) is 18.9 Å². The van der Waals surface area contributed by atoms with Gasteiger partial charge in [-0.25, -0.2) is 0 Å². The van der Waals surface area contributed by atoms with E-state index in [4.69, 9.17) is 11.6 Å². The van der Waals surface area contributed by atoms with Gasteiger partial charge in [0.25, 0.3) is 0 Å². The lowest BCUT2D eigenvalue weighted by molar-refractivity contribution is -0.138. The van der Waals surface area contributed by atoms with Crippen LogP contribution in [0.5, 0.6) is 0 Å². The molecule has 4 rings (SSSR count). The second-order valence-corrected chi connectivity index (χ2v) is 8.55. The van der Waals surface area contributed by atoms with Gasteiger partial charge in [-0.05, 0) is 48.9 Å². The molecule has 1 N–H and O–H groups in total. The van der Waals surface area contributed by atoms with Crippen LogP contribution < -0.4 is 5.32 Å². The minimum Gasteiger partial charge on any atom is -0.351 e. The van der Waals surface area contributed by atoms with Crippen molar-refractivity contribution >= 4 is 23.4 Å². The van der Waals surface area contributed by atoms with Gasteiger partial charge >= 0.3 is 0 Å². The lowest BCUT2D eigenvalue weighted by Crippen LogP contribution is -2.49. The van der Waals surface area contributed by atoms with Crippen LogP contribution in [0.15, 0.2) is 54.6 Å². The normalized spacial score (nSPS) is 23.9. The third kappa shape index (κ3) is 4.64. The van der Waals surface area contributed by atoms with Gasteiger partial charge in [0.15, 0.2) is 0 Å². The predicted molar refractivity (Wildman–Crippen MR) is 115 cm³/mol. The molecule has 152 valence electrons. The van der Waals surface area contributed by atoms with Crippen LogP contribution >= 0.6 is 11.6 Å². The molecule has 1 heterocycles. The summed E-state index contributed by atoms with van der Waals surface area (Å²) in [5, 5.41) is 3.99. The fourth-order valence-electron chi connectivity index (χ4n) is 4.73. The van der Waals surface area contributed by atoms with Crippen molar-refractivity contribution in [2.75, 3.05) is 6.54 Å². The average Bonchev–Trinajstić information content (AvgIpc) is 3.39. The van der Waals surface area contributed by atoms with E-state index in [-0.39, 0.29) is 23.9 Å². The number of rotatable bonds is 5. The summed E-state index contributed by atoms with van der Waals surface area (Å²) in [5.41, 5.74) is 2.21. The van der Waals surface area contributed by atoms with Crippen molar-refractivity contribution in [3.63, 3.8) is 0 Å². The highest BCUT2D eigenvalue weighted by Gasteiger charge is 2.37. The molecule has 1 aliphatic heterocycles. The molecule has 29 heavy (non-hydrogen) atoms. The Morgan fingerprint density at radius 3 is 2.48 bits per heavy atom. The summed E-state index contributed by atoms with van der Waals surface area (Å²) < 4.78 is 0.